The molecule has 2 aromatic rings. The van der Waals surface area contributed by atoms with Crippen molar-refractivity contribution in [1.29, 1.82) is 0 Å². The number of fused-ring (bicyclic) bond motifs is 4. The van der Waals surface area contributed by atoms with Crippen molar-refractivity contribution < 1.29 is 0 Å². The first-order valence-corrected chi connectivity index (χ1v) is 10.7. The normalized spacial score (nSPS) is 20.6. The number of allylic oxidation sites excluding steroid dienone is 1. The minimum atomic E-state index is -0.00777. The number of aromatic nitrogens is 2. The number of rotatable bonds is 4. The molecule has 0 radical (unpaired) electrons. The van der Waals surface area contributed by atoms with E-state index in [1.807, 2.05) is 17.0 Å². The Morgan fingerprint density at radius 3 is 2.86 bits per heavy atom. The summed E-state index contributed by atoms with van der Waals surface area (Å²) in [4.78, 5) is 10.1. The number of hydrogen-bond acceptors (Lipinski definition) is 5. The van der Waals surface area contributed by atoms with Crippen molar-refractivity contribution in [3.8, 4) is 0 Å². The number of benzene rings is 1. The standard InChI is InChI=1S/C23H30N6/c1-3-12-29-18(2)19(16-25-29)17-27-14-9-23(10-15-27)26-21-8-5-4-7-20(21)22-24-11-6-13-28(22)23/h3-5,7-8,16,26H,1,6,9-15,17H2,2H3. The summed E-state index contributed by atoms with van der Waals surface area (Å²) < 4.78 is 2.03. The lowest BCUT2D eigenvalue weighted by Crippen LogP contribution is -2.65. The molecule has 1 spiro atoms. The molecule has 0 saturated carbocycles. The highest BCUT2D eigenvalue weighted by Gasteiger charge is 2.45. The number of piperidine rings is 1. The van der Waals surface area contributed by atoms with E-state index in [0.717, 1.165) is 58.5 Å². The molecule has 29 heavy (non-hydrogen) atoms. The first-order valence-electron chi connectivity index (χ1n) is 10.7. The highest BCUT2D eigenvalue weighted by Crippen LogP contribution is 2.39. The van der Waals surface area contributed by atoms with Crippen LogP contribution in [0.25, 0.3) is 0 Å². The van der Waals surface area contributed by atoms with Crippen LogP contribution in [0, 0.1) is 6.92 Å². The van der Waals surface area contributed by atoms with E-state index in [4.69, 9.17) is 4.99 Å². The molecule has 1 aromatic carbocycles. The van der Waals surface area contributed by atoms with Crippen LogP contribution in [-0.2, 0) is 13.1 Å². The maximum atomic E-state index is 4.93. The Balaban J connectivity index is 1.34. The van der Waals surface area contributed by atoms with Gasteiger partial charge in [-0.3, -0.25) is 14.6 Å². The Labute approximate surface area is 172 Å². The summed E-state index contributed by atoms with van der Waals surface area (Å²) in [7, 11) is 0. The molecule has 1 saturated heterocycles. The molecule has 1 aromatic heterocycles. The van der Waals surface area contributed by atoms with Crippen LogP contribution in [0.4, 0.5) is 5.69 Å². The molecular formula is C23H30N6. The first kappa shape index (κ1) is 18.4. The lowest BCUT2D eigenvalue weighted by atomic mass is 9.89. The molecule has 152 valence electrons. The van der Waals surface area contributed by atoms with Crippen LogP contribution < -0.4 is 5.32 Å². The van der Waals surface area contributed by atoms with Gasteiger partial charge in [-0.25, -0.2) is 0 Å². The van der Waals surface area contributed by atoms with Crippen LogP contribution in [0.2, 0.25) is 0 Å². The second kappa shape index (κ2) is 7.34. The zero-order valence-corrected chi connectivity index (χ0v) is 17.3. The summed E-state index contributed by atoms with van der Waals surface area (Å²) in [5.74, 6) is 1.19. The summed E-state index contributed by atoms with van der Waals surface area (Å²) in [6, 6.07) is 8.64. The molecule has 3 aliphatic rings. The maximum Gasteiger partial charge on any atom is 0.134 e. The number of likely N-dealkylation sites (tertiary alicyclic amines) is 1. The van der Waals surface area contributed by atoms with Crippen molar-refractivity contribution in [2.24, 2.45) is 4.99 Å². The minimum absolute atomic E-state index is 0.00777. The Bertz CT molecular complexity index is 935. The summed E-state index contributed by atoms with van der Waals surface area (Å²) in [5, 5.41) is 8.43. The second-order valence-electron chi connectivity index (χ2n) is 8.41. The largest absolute Gasteiger partial charge is 0.362 e. The third kappa shape index (κ3) is 3.15. The van der Waals surface area contributed by atoms with Crippen molar-refractivity contribution in [2.45, 2.75) is 44.9 Å². The molecule has 5 rings (SSSR count). The van der Waals surface area contributed by atoms with E-state index in [1.165, 1.54) is 28.3 Å². The van der Waals surface area contributed by atoms with Crippen LogP contribution in [0.1, 0.15) is 36.1 Å². The van der Waals surface area contributed by atoms with E-state index in [-0.39, 0.29) is 5.66 Å². The fourth-order valence-corrected chi connectivity index (χ4v) is 5.02. The number of aliphatic imine (C=N–C) groups is 1. The van der Waals surface area contributed by atoms with Gasteiger partial charge < -0.3 is 10.2 Å². The van der Waals surface area contributed by atoms with Crippen LogP contribution in [-0.4, -0.2) is 57.3 Å². The molecule has 0 amide bonds. The van der Waals surface area contributed by atoms with E-state index < -0.39 is 0 Å². The number of amidine groups is 1. The summed E-state index contributed by atoms with van der Waals surface area (Å²) >= 11 is 0. The van der Waals surface area contributed by atoms with Crippen molar-refractivity contribution in [3.63, 3.8) is 0 Å². The molecule has 6 nitrogen and oxygen atoms in total. The van der Waals surface area contributed by atoms with Gasteiger partial charge in [-0.15, -0.1) is 6.58 Å². The molecule has 0 aliphatic carbocycles. The quantitative estimate of drug-likeness (QED) is 0.815. The number of nitrogens with zero attached hydrogens (tertiary/aromatic N) is 5. The van der Waals surface area contributed by atoms with Crippen LogP contribution in [0.15, 0.2) is 48.1 Å². The molecule has 1 N–H and O–H groups in total. The fraction of sp³-hybridized carbons (Fsp3) is 0.478. The van der Waals surface area contributed by atoms with Gasteiger partial charge in [-0.1, -0.05) is 18.2 Å². The Morgan fingerprint density at radius 1 is 1.21 bits per heavy atom. The summed E-state index contributed by atoms with van der Waals surface area (Å²) in [6.07, 6.45) is 7.26. The topological polar surface area (TPSA) is 48.7 Å². The van der Waals surface area contributed by atoms with Gasteiger partial charge in [-0.2, -0.15) is 5.10 Å². The van der Waals surface area contributed by atoms with Gasteiger partial charge in [0.25, 0.3) is 0 Å². The van der Waals surface area contributed by atoms with Crippen molar-refractivity contribution in [3.05, 3.63) is 59.9 Å². The van der Waals surface area contributed by atoms with E-state index in [1.54, 1.807) is 0 Å². The van der Waals surface area contributed by atoms with Gasteiger partial charge in [0.15, 0.2) is 0 Å². The van der Waals surface area contributed by atoms with Crippen LogP contribution in [0.3, 0.4) is 0 Å². The van der Waals surface area contributed by atoms with Gasteiger partial charge in [0.05, 0.1) is 12.7 Å². The fourth-order valence-electron chi connectivity index (χ4n) is 5.02. The number of anilines is 1. The van der Waals surface area contributed by atoms with E-state index in [2.05, 4.69) is 58.0 Å². The Morgan fingerprint density at radius 2 is 2.03 bits per heavy atom. The third-order valence-corrected chi connectivity index (χ3v) is 6.69. The highest BCUT2D eigenvalue weighted by atomic mass is 15.4. The monoisotopic (exact) mass is 390 g/mol. The van der Waals surface area contributed by atoms with Gasteiger partial charge >= 0.3 is 0 Å². The zero-order chi connectivity index (χ0) is 19.8. The molecule has 4 heterocycles. The Kier molecular flexibility index (Phi) is 4.66. The molecule has 6 heteroatoms. The van der Waals surface area contributed by atoms with Gasteiger partial charge in [0.2, 0.25) is 0 Å². The van der Waals surface area contributed by atoms with Crippen LogP contribution >= 0.6 is 0 Å². The molecule has 3 aliphatic heterocycles. The van der Waals surface area contributed by atoms with Crippen molar-refractivity contribution >= 4 is 11.5 Å². The van der Waals surface area contributed by atoms with E-state index >= 15 is 0 Å². The van der Waals surface area contributed by atoms with Gasteiger partial charge in [0, 0.05) is 68.1 Å². The maximum absolute atomic E-state index is 4.93. The smallest absolute Gasteiger partial charge is 0.134 e. The van der Waals surface area contributed by atoms with Gasteiger partial charge in [0.1, 0.15) is 11.5 Å². The number of para-hydroxylation sites is 1. The first-order chi connectivity index (χ1) is 14.2. The second-order valence-corrected chi connectivity index (χ2v) is 8.41. The molecule has 0 unspecified atom stereocenters. The molecule has 0 bridgehead atoms. The van der Waals surface area contributed by atoms with E-state index in [9.17, 15) is 0 Å². The van der Waals surface area contributed by atoms with Crippen molar-refractivity contribution in [1.82, 2.24) is 19.6 Å². The average molecular weight is 391 g/mol. The van der Waals surface area contributed by atoms with Gasteiger partial charge in [-0.05, 0) is 25.5 Å². The lowest BCUT2D eigenvalue weighted by Gasteiger charge is -2.54. The molecule has 0 atom stereocenters. The average Bonchev–Trinajstić information content (AvgIpc) is 3.10. The summed E-state index contributed by atoms with van der Waals surface area (Å²) in [6.45, 7) is 11.9. The minimum Gasteiger partial charge on any atom is -0.362 e. The molecule has 1 fully saturated rings. The highest BCUT2D eigenvalue weighted by molar-refractivity contribution is 6.06. The molecular weight excluding hydrogens is 360 g/mol. The number of hydrogen-bond donors (Lipinski definition) is 1. The predicted octanol–water partition coefficient (Wildman–Crippen LogP) is 3.25. The Hall–Kier alpha value is -2.60. The van der Waals surface area contributed by atoms with Crippen molar-refractivity contribution in [2.75, 3.05) is 31.5 Å². The zero-order valence-electron chi connectivity index (χ0n) is 17.3. The van der Waals surface area contributed by atoms with E-state index in [0.29, 0.717) is 0 Å². The third-order valence-electron chi connectivity index (χ3n) is 6.69. The SMILES string of the molecule is C=CCn1ncc(CN2CCC3(CC2)Nc2ccccc2C2=NCCCN23)c1C. The number of nitrogens with one attached hydrogen (secondary N) is 1. The summed E-state index contributed by atoms with van der Waals surface area (Å²) in [5.41, 5.74) is 5.06. The van der Waals surface area contributed by atoms with Crippen LogP contribution in [0.5, 0.6) is 0 Å². The lowest BCUT2D eigenvalue weighted by molar-refractivity contribution is 0.0798. The predicted molar refractivity (Wildman–Crippen MR) is 117 cm³/mol.